The monoisotopic (exact) mass is 430 g/mol. The number of hydrogen-bond donors (Lipinski definition) is 0. The predicted molar refractivity (Wildman–Crippen MR) is 108 cm³/mol. The van der Waals surface area contributed by atoms with Gasteiger partial charge in [0.2, 0.25) is 0 Å². The van der Waals surface area contributed by atoms with Crippen molar-refractivity contribution in [3.8, 4) is 5.75 Å². The van der Waals surface area contributed by atoms with Gasteiger partial charge >= 0.3 is 0 Å². The molecule has 1 saturated heterocycles. The Balaban J connectivity index is 1.50. The van der Waals surface area contributed by atoms with Crippen LogP contribution in [0.5, 0.6) is 5.75 Å². The SMILES string of the molecule is Cc1ccc(OCC(=O)N2CCN(C(=O)c3cccc(Br)c3)CC2)cc1C. The number of halogens is 1. The molecule has 5 nitrogen and oxygen atoms in total. The van der Waals surface area contributed by atoms with Crippen LogP contribution >= 0.6 is 15.9 Å². The van der Waals surface area contributed by atoms with Gasteiger partial charge in [0.15, 0.2) is 6.61 Å². The van der Waals surface area contributed by atoms with Gasteiger partial charge < -0.3 is 14.5 Å². The fraction of sp³-hybridized carbons (Fsp3) is 0.333. The van der Waals surface area contributed by atoms with Crippen LogP contribution in [0.3, 0.4) is 0 Å². The first-order valence-electron chi connectivity index (χ1n) is 8.97. The molecular weight excluding hydrogens is 408 g/mol. The van der Waals surface area contributed by atoms with Crippen molar-refractivity contribution >= 4 is 27.7 Å². The summed E-state index contributed by atoms with van der Waals surface area (Å²) in [5.74, 6) is 0.646. The van der Waals surface area contributed by atoms with Crippen molar-refractivity contribution in [3.05, 3.63) is 63.6 Å². The van der Waals surface area contributed by atoms with Crippen molar-refractivity contribution in [3.63, 3.8) is 0 Å². The smallest absolute Gasteiger partial charge is 0.260 e. The average molecular weight is 431 g/mol. The van der Waals surface area contributed by atoms with Gasteiger partial charge in [-0.2, -0.15) is 0 Å². The third-order valence-corrected chi connectivity index (χ3v) is 5.33. The Morgan fingerprint density at radius 1 is 0.963 bits per heavy atom. The van der Waals surface area contributed by atoms with Crippen molar-refractivity contribution in [1.29, 1.82) is 0 Å². The molecule has 0 spiro atoms. The van der Waals surface area contributed by atoms with Crippen molar-refractivity contribution in [2.24, 2.45) is 0 Å². The second-order valence-corrected chi connectivity index (χ2v) is 7.63. The number of benzene rings is 2. The van der Waals surface area contributed by atoms with E-state index >= 15 is 0 Å². The van der Waals surface area contributed by atoms with Crippen LogP contribution in [0.2, 0.25) is 0 Å². The minimum absolute atomic E-state index is 0.00483. The molecule has 0 unspecified atom stereocenters. The minimum atomic E-state index is -0.0530. The molecule has 6 heteroatoms. The van der Waals surface area contributed by atoms with E-state index in [0.29, 0.717) is 37.5 Å². The lowest BCUT2D eigenvalue weighted by molar-refractivity contribution is -0.134. The van der Waals surface area contributed by atoms with Crippen molar-refractivity contribution < 1.29 is 14.3 Å². The van der Waals surface area contributed by atoms with Gasteiger partial charge in [-0.1, -0.05) is 28.1 Å². The van der Waals surface area contributed by atoms with Gasteiger partial charge in [-0.3, -0.25) is 9.59 Å². The molecule has 0 aromatic heterocycles. The molecule has 27 heavy (non-hydrogen) atoms. The van der Waals surface area contributed by atoms with E-state index in [1.807, 2.05) is 56.3 Å². The maximum absolute atomic E-state index is 12.6. The number of carbonyl (C=O) groups is 2. The fourth-order valence-electron chi connectivity index (χ4n) is 3.00. The summed E-state index contributed by atoms with van der Waals surface area (Å²) in [7, 11) is 0. The molecule has 0 atom stereocenters. The van der Waals surface area contributed by atoms with Crippen LogP contribution in [0, 0.1) is 13.8 Å². The van der Waals surface area contributed by atoms with E-state index in [0.717, 1.165) is 10.0 Å². The molecule has 0 bridgehead atoms. The van der Waals surface area contributed by atoms with E-state index in [9.17, 15) is 9.59 Å². The van der Waals surface area contributed by atoms with E-state index in [1.54, 1.807) is 9.80 Å². The van der Waals surface area contributed by atoms with Gasteiger partial charge in [-0.05, 0) is 55.3 Å². The normalized spacial score (nSPS) is 14.2. The Bertz CT molecular complexity index is 845. The molecule has 0 radical (unpaired) electrons. The summed E-state index contributed by atoms with van der Waals surface area (Å²) >= 11 is 3.39. The van der Waals surface area contributed by atoms with Crippen molar-refractivity contribution in [2.45, 2.75) is 13.8 Å². The summed E-state index contributed by atoms with van der Waals surface area (Å²) in [6, 6.07) is 13.2. The highest BCUT2D eigenvalue weighted by Gasteiger charge is 2.25. The number of carbonyl (C=O) groups excluding carboxylic acids is 2. The van der Waals surface area contributed by atoms with Crippen LogP contribution in [-0.4, -0.2) is 54.4 Å². The molecule has 1 aliphatic heterocycles. The third-order valence-electron chi connectivity index (χ3n) is 4.83. The van der Waals surface area contributed by atoms with Crippen LogP contribution in [-0.2, 0) is 4.79 Å². The molecule has 3 rings (SSSR count). The average Bonchev–Trinajstić information content (AvgIpc) is 2.68. The minimum Gasteiger partial charge on any atom is -0.484 e. The maximum atomic E-state index is 12.6. The molecule has 0 N–H and O–H groups in total. The van der Waals surface area contributed by atoms with E-state index < -0.39 is 0 Å². The van der Waals surface area contributed by atoms with Gasteiger partial charge in [0.25, 0.3) is 11.8 Å². The third kappa shape index (κ3) is 4.89. The van der Waals surface area contributed by atoms with Gasteiger partial charge in [0, 0.05) is 36.2 Å². The van der Waals surface area contributed by atoms with Crippen LogP contribution < -0.4 is 4.74 Å². The topological polar surface area (TPSA) is 49.9 Å². The molecule has 0 saturated carbocycles. The molecule has 1 fully saturated rings. The lowest BCUT2D eigenvalue weighted by Gasteiger charge is -2.34. The molecule has 142 valence electrons. The maximum Gasteiger partial charge on any atom is 0.260 e. The van der Waals surface area contributed by atoms with Gasteiger partial charge in [-0.15, -0.1) is 0 Å². The Morgan fingerprint density at radius 2 is 1.67 bits per heavy atom. The number of aryl methyl sites for hydroxylation is 2. The first-order chi connectivity index (χ1) is 12.9. The molecule has 0 aliphatic carbocycles. The zero-order valence-corrected chi connectivity index (χ0v) is 17.2. The lowest BCUT2D eigenvalue weighted by Crippen LogP contribution is -2.51. The van der Waals surface area contributed by atoms with Crippen molar-refractivity contribution in [2.75, 3.05) is 32.8 Å². The molecule has 2 amide bonds. The van der Waals surface area contributed by atoms with Crippen molar-refractivity contribution in [1.82, 2.24) is 9.80 Å². The highest BCUT2D eigenvalue weighted by Crippen LogP contribution is 2.17. The summed E-state index contributed by atoms with van der Waals surface area (Å²) in [5, 5.41) is 0. The van der Waals surface area contributed by atoms with E-state index in [-0.39, 0.29) is 18.4 Å². The first kappa shape index (κ1) is 19.4. The zero-order valence-electron chi connectivity index (χ0n) is 15.6. The summed E-state index contributed by atoms with van der Waals surface area (Å²) in [6.45, 7) is 6.18. The Hall–Kier alpha value is -2.34. The fourth-order valence-corrected chi connectivity index (χ4v) is 3.40. The van der Waals surface area contributed by atoms with Gasteiger partial charge in [0.1, 0.15) is 5.75 Å². The Morgan fingerprint density at radius 3 is 2.33 bits per heavy atom. The number of ether oxygens (including phenoxy) is 1. The summed E-state index contributed by atoms with van der Waals surface area (Å²) in [6.07, 6.45) is 0. The summed E-state index contributed by atoms with van der Waals surface area (Å²) in [4.78, 5) is 28.5. The second kappa shape index (κ2) is 8.57. The Kier molecular flexibility index (Phi) is 6.16. The predicted octanol–water partition coefficient (Wildman–Crippen LogP) is 3.43. The van der Waals surface area contributed by atoms with Crippen LogP contribution in [0.25, 0.3) is 0 Å². The van der Waals surface area contributed by atoms with Gasteiger partial charge in [-0.25, -0.2) is 0 Å². The second-order valence-electron chi connectivity index (χ2n) is 6.72. The molecule has 1 aliphatic rings. The summed E-state index contributed by atoms with van der Waals surface area (Å²) < 4.78 is 6.52. The molecule has 1 heterocycles. The quantitative estimate of drug-likeness (QED) is 0.746. The number of piperazine rings is 1. The van der Waals surface area contributed by atoms with E-state index in [4.69, 9.17) is 4.74 Å². The first-order valence-corrected chi connectivity index (χ1v) is 9.76. The zero-order chi connectivity index (χ0) is 19.4. The van der Waals surface area contributed by atoms with E-state index in [2.05, 4.69) is 15.9 Å². The molecule has 2 aromatic carbocycles. The van der Waals surface area contributed by atoms with E-state index in [1.165, 1.54) is 5.56 Å². The highest BCUT2D eigenvalue weighted by atomic mass is 79.9. The number of nitrogens with zero attached hydrogens (tertiary/aromatic N) is 2. The number of amides is 2. The number of rotatable bonds is 4. The standard InChI is InChI=1S/C21H23BrN2O3/c1-15-6-7-19(12-16(15)2)27-14-20(25)23-8-10-24(11-9-23)21(26)17-4-3-5-18(22)13-17/h3-7,12-13H,8-11,14H2,1-2H3. The lowest BCUT2D eigenvalue weighted by atomic mass is 10.1. The van der Waals surface area contributed by atoms with Crippen LogP contribution in [0.1, 0.15) is 21.5 Å². The molecule has 2 aromatic rings. The Labute approximate surface area is 168 Å². The highest BCUT2D eigenvalue weighted by molar-refractivity contribution is 9.10. The van der Waals surface area contributed by atoms with Gasteiger partial charge in [0.05, 0.1) is 0 Å². The number of hydrogen-bond acceptors (Lipinski definition) is 3. The summed E-state index contributed by atoms with van der Waals surface area (Å²) in [5.41, 5.74) is 2.99. The van der Waals surface area contributed by atoms with Crippen LogP contribution in [0.15, 0.2) is 46.9 Å². The molecular formula is C21H23BrN2O3. The largest absolute Gasteiger partial charge is 0.484 e. The van der Waals surface area contributed by atoms with Crippen LogP contribution in [0.4, 0.5) is 0 Å².